The Morgan fingerprint density at radius 2 is 1.64 bits per heavy atom. The van der Waals surface area contributed by atoms with E-state index in [4.69, 9.17) is 23.2 Å². The van der Waals surface area contributed by atoms with Gasteiger partial charge in [-0.05, 0) is 48.4 Å². The second-order valence-corrected chi connectivity index (χ2v) is 8.14. The second kappa shape index (κ2) is 8.39. The zero-order chi connectivity index (χ0) is 19.5. The normalized spacial score (nSPS) is 11.0. The van der Waals surface area contributed by atoms with E-state index in [-0.39, 0.29) is 0 Å². The molecule has 3 nitrogen and oxygen atoms in total. The van der Waals surface area contributed by atoms with Crippen molar-refractivity contribution >= 4 is 35.0 Å². The summed E-state index contributed by atoms with van der Waals surface area (Å²) in [5.74, 6) is 1.54. The molecule has 0 bridgehead atoms. The minimum atomic E-state index is 0.718. The average molecular weight is 426 g/mol. The van der Waals surface area contributed by atoms with Crippen LogP contribution in [0.1, 0.15) is 11.1 Å². The van der Waals surface area contributed by atoms with Gasteiger partial charge in [-0.25, -0.2) is 0 Å². The molecule has 6 heteroatoms. The summed E-state index contributed by atoms with van der Waals surface area (Å²) < 4.78 is 2.07. The highest BCUT2D eigenvalue weighted by molar-refractivity contribution is 7.98. The molecule has 4 rings (SSSR count). The fourth-order valence-corrected chi connectivity index (χ4v) is 4.03. The molecule has 1 heterocycles. The first kappa shape index (κ1) is 19.1. The summed E-state index contributed by atoms with van der Waals surface area (Å²) in [6.07, 6.45) is 0. The van der Waals surface area contributed by atoms with E-state index in [9.17, 15) is 0 Å². The van der Waals surface area contributed by atoms with E-state index in [0.717, 1.165) is 43.6 Å². The van der Waals surface area contributed by atoms with Gasteiger partial charge in [0.25, 0.3) is 0 Å². The number of benzene rings is 3. The fourth-order valence-electron chi connectivity index (χ4n) is 2.82. The highest BCUT2D eigenvalue weighted by atomic mass is 35.5. The topological polar surface area (TPSA) is 30.7 Å². The Labute approximate surface area is 178 Å². The zero-order valence-corrected chi connectivity index (χ0v) is 17.5. The summed E-state index contributed by atoms with van der Waals surface area (Å²) in [5.41, 5.74) is 4.16. The minimum Gasteiger partial charge on any atom is -0.270 e. The molecule has 0 saturated heterocycles. The quantitative estimate of drug-likeness (QED) is 0.327. The van der Waals surface area contributed by atoms with Gasteiger partial charge in [-0.15, -0.1) is 10.2 Å². The van der Waals surface area contributed by atoms with Crippen LogP contribution in [-0.2, 0) is 5.75 Å². The lowest BCUT2D eigenvalue weighted by molar-refractivity contribution is 0.886. The number of para-hydroxylation sites is 1. The van der Waals surface area contributed by atoms with Gasteiger partial charge in [0.1, 0.15) is 0 Å². The lowest BCUT2D eigenvalue weighted by Gasteiger charge is -2.11. The number of aryl methyl sites for hydroxylation is 1. The molecule has 1 aromatic heterocycles. The number of rotatable bonds is 5. The Balaban J connectivity index is 1.73. The number of thioether (sulfide) groups is 1. The minimum absolute atomic E-state index is 0.718. The van der Waals surface area contributed by atoms with Gasteiger partial charge in [-0.3, -0.25) is 4.57 Å². The van der Waals surface area contributed by atoms with Crippen LogP contribution in [-0.4, -0.2) is 14.8 Å². The third kappa shape index (κ3) is 4.09. The molecule has 0 N–H and O–H groups in total. The molecule has 0 fully saturated rings. The Morgan fingerprint density at radius 1 is 0.893 bits per heavy atom. The van der Waals surface area contributed by atoms with E-state index in [1.165, 1.54) is 5.56 Å². The van der Waals surface area contributed by atoms with Gasteiger partial charge in [-0.2, -0.15) is 0 Å². The fraction of sp³-hybridized carbons (Fsp3) is 0.0909. The van der Waals surface area contributed by atoms with Crippen LogP contribution in [0.25, 0.3) is 17.1 Å². The SMILES string of the molecule is Cc1ccc(-c2nnc(SCc3ccc(Cl)cc3)n2-c2ccccc2)cc1Cl. The van der Waals surface area contributed by atoms with E-state index in [0.29, 0.717) is 0 Å². The van der Waals surface area contributed by atoms with Crippen LogP contribution in [0.4, 0.5) is 0 Å². The molecule has 0 aliphatic heterocycles. The highest BCUT2D eigenvalue weighted by Crippen LogP contribution is 2.31. The highest BCUT2D eigenvalue weighted by Gasteiger charge is 2.16. The van der Waals surface area contributed by atoms with Gasteiger partial charge >= 0.3 is 0 Å². The van der Waals surface area contributed by atoms with Crippen molar-refractivity contribution in [2.45, 2.75) is 17.8 Å². The van der Waals surface area contributed by atoms with Crippen LogP contribution in [0.3, 0.4) is 0 Å². The zero-order valence-electron chi connectivity index (χ0n) is 15.1. The summed E-state index contributed by atoms with van der Waals surface area (Å²) in [5, 5.41) is 11.2. The number of hydrogen-bond donors (Lipinski definition) is 0. The third-order valence-corrected chi connectivity index (χ3v) is 6.02. The summed E-state index contributed by atoms with van der Waals surface area (Å²) in [4.78, 5) is 0. The molecule has 28 heavy (non-hydrogen) atoms. The molecule has 0 radical (unpaired) electrons. The summed E-state index contributed by atoms with van der Waals surface area (Å²) in [6, 6.07) is 23.9. The van der Waals surface area contributed by atoms with Crippen LogP contribution in [0, 0.1) is 6.92 Å². The maximum absolute atomic E-state index is 6.35. The maximum Gasteiger partial charge on any atom is 0.196 e. The monoisotopic (exact) mass is 425 g/mol. The first-order valence-corrected chi connectivity index (χ1v) is 10.5. The van der Waals surface area contributed by atoms with Crippen molar-refractivity contribution in [3.8, 4) is 17.1 Å². The Hall–Kier alpha value is -2.27. The molecule has 0 saturated carbocycles. The van der Waals surface area contributed by atoms with Gasteiger partial charge in [-0.1, -0.05) is 77.4 Å². The van der Waals surface area contributed by atoms with Crippen molar-refractivity contribution in [3.63, 3.8) is 0 Å². The van der Waals surface area contributed by atoms with Gasteiger partial charge in [0.05, 0.1) is 0 Å². The summed E-state index contributed by atoms with van der Waals surface area (Å²) in [7, 11) is 0. The first-order valence-electron chi connectivity index (χ1n) is 8.76. The van der Waals surface area contributed by atoms with Crippen LogP contribution >= 0.6 is 35.0 Å². The predicted molar refractivity (Wildman–Crippen MR) is 118 cm³/mol. The standard InChI is InChI=1S/C22H17Cl2N3S/c1-15-7-10-17(13-20(15)24)21-25-26-22(27(21)19-5-3-2-4-6-19)28-14-16-8-11-18(23)12-9-16/h2-13H,14H2,1H3. The maximum atomic E-state index is 6.35. The molecule has 0 aliphatic rings. The van der Waals surface area contributed by atoms with Crippen molar-refractivity contribution in [1.29, 1.82) is 0 Å². The van der Waals surface area contributed by atoms with Gasteiger partial charge in [0.2, 0.25) is 0 Å². The largest absolute Gasteiger partial charge is 0.270 e. The smallest absolute Gasteiger partial charge is 0.196 e. The molecule has 4 aromatic rings. The van der Waals surface area contributed by atoms with E-state index in [1.54, 1.807) is 11.8 Å². The molecular weight excluding hydrogens is 409 g/mol. The molecule has 0 aliphatic carbocycles. The average Bonchev–Trinajstić information content (AvgIpc) is 3.14. The van der Waals surface area contributed by atoms with Crippen LogP contribution in [0.2, 0.25) is 10.0 Å². The first-order chi connectivity index (χ1) is 13.6. The number of halogens is 2. The van der Waals surface area contributed by atoms with E-state index >= 15 is 0 Å². The lowest BCUT2D eigenvalue weighted by atomic mass is 10.1. The number of hydrogen-bond acceptors (Lipinski definition) is 3. The predicted octanol–water partition coefficient (Wildman–Crippen LogP) is 6.84. The molecule has 0 spiro atoms. The van der Waals surface area contributed by atoms with Gasteiger partial charge in [0.15, 0.2) is 11.0 Å². The molecule has 140 valence electrons. The van der Waals surface area contributed by atoms with E-state index in [1.807, 2.05) is 67.6 Å². The lowest BCUT2D eigenvalue weighted by Crippen LogP contribution is -1.99. The van der Waals surface area contributed by atoms with Crippen LogP contribution < -0.4 is 0 Å². The third-order valence-electron chi connectivity index (χ3n) is 4.36. The Morgan fingerprint density at radius 3 is 2.36 bits per heavy atom. The molecule has 0 atom stereocenters. The van der Waals surface area contributed by atoms with E-state index in [2.05, 4.69) is 26.9 Å². The van der Waals surface area contributed by atoms with Gasteiger partial charge in [0, 0.05) is 27.0 Å². The van der Waals surface area contributed by atoms with Crippen LogP contribution in [0.5, 0.6) is 0 Å². The van der Waals surface area contributed by atoms with Crippen molar-refractivity contribution in [1.82, 2.24) is 14.8 Å². The van der Waals surface area contributed by atoms with Crippen LogP contribution in [0.15, 0.2) is 78.0 Å². The van der Waals surface area contributed by atoms with Crippen molar-refractivity contribution in [3.05, 3.63) is 94.0 Å². The van der Waals surface area contributed by atoms with Crippen molar-refractivity contribution < 1.29 is 0 Å². The Kier molecular flexibility index (Phi) is 5.72. The van der Waals surface area contributed by atoms with E-state index < -0.39 is 0 Å². The number of aromatic nitrogens is 3. The second-order valence-electron chi connectivity index (χ2n) is 6.36. The Bertz CT molecular complexity index is 1090. The van der Waals surface area contributed by atoms with Crippen molar-refractivity contribution in [2.75, 3.05) is 0 Å². The summed E-state index contributed by atoms with van der Waals surface area (Å²) >= 11 is 14.0. The molecule has 3 aromatic carbocycles. The number of nitrogens with zero attached hydrogens (tertiary/aromatic N) is 3. The van der Waals surface area contributed by atoms with Gasteiger partial charge < -0.3 is 0 Å². The molecular formula is C22H17Cl2N3S. The summed E-state index contributed by atoms with van der Waals surface area (Å²) in [6.45, 7) is 1.99. The molecule has 0 amide bonds. The molecule has 0 unspecified atom stereocenters. The van der Waals surface area contributed by atoms with Crippen molar-refractivity contribution in [2.24, 2.45) is 0 Å².